The molecule has 30 heavy (non-hydrogen) atoms. The van der Waals surface area contributed by atoms with Gasteiger partial charge in [0.15, 0.2) is 18.1 Å². The molecule has 0 saturated heterocycles. The van der Waals surface area contributed by atoms with Gasteiger partial charge in [-0.25, -0.2) is 9.82 Å². The molecule has 0 aromatic heterocycles. The van der Waals surface area contributed by atoms with Crippen LogP contribution in [0.1, 0.15) is 5.56 Å². The van der Waals surface area contributed by atoms with Gasteiger partial charge in [-0.15, -0.1) is 0 Å². The summed E-state index contributed by atoms with van der Waals surface area (Å²) >= 11 is 3.33. The average Bonchev–Trinajstić information content (AvgIpc) is 2.73. The summed E-state index contributed by atoms with van der Waals surface area (Å²) in [7, 11) is 2.74. The van der Waals surface area contributed by atoms with Gasteiger partial charge in [0.05, 0.1) is 17.8 Å². The molecule has 0 aliphatic carbocycles. The predicted molar refractivity (Wildman–Crippen MR) is 111 cm³/mol. The first-order valence-electron chi connectivity index (χ1n) is 8.45. The molecule has 9 nitrogen and oxygen atoms in total. The van der Waals surface area contributed by atoms with E-state index in [0.29, 0.717) is 21.5 Å². The lowest BCUT2D eigenvalue weighted by molar-refractivity contribution is -0.138. The average molecular weight is 481 g/mol. The number of hydrogen-bond donors (Lipinski definition) is 3. The molecule has 2 aromatic rings. The van der Waals surface area contributed by atoms with Crippen molar-refractivity contribution in [1.82, 2.24) is 10.7 Å². The summed E-state index contributed by atoms with van der Waals surface area (Å²) in [6, 6.07) is 8.50. The molecule has 2 aromatic carbocycles. The Bertz CT molecular complexity index is 966. The summed E-state index contributed by atoms with van der Waals surface area (Å²) in [5.41, 5.74) is 3.03. The van der Waals surface area contributed by atoms with Crippen LogP contribution in [0.25, 0.3) is 0 Å². The first-order valence-corrected chi connectivity index (χ1v) is 9.24. The highest BCUT2D eigenvalue weighted by Crippen LogP contribution is 2.36. The van der Waals surface area contributed by atoms with E-state index in [4.69, 9.17) is 9.47 Å². The molecule has 0 bridgehead atoms. The summed E-state index contributed by atoms with van der Waals surface area (Å²) in [4.78, 5) is 34.5. The van der Waals surface area contributed by atoms with Crippen LogP contribution in [0.15, 0.2) is 46.0 Å². The third kappa shape index (κ3) is 6.55. The number of carbonyl (C=O) groups is 3. The lowest BCUT2D eigenvalue weighted by Gasteiger charge is -2.13. The number of amides is 3. The van der Waals surface area contributed by atoms with Crippen LogP contribution in [0.5, 0.6) is 11.5 Å². The zero-order valence-electron chi connectivity index (χ0n) is 16.0. The molecule has 0 heterocycles. The lowest BCUT2D eigenvalue weighted by atomic mass is 10.2. The number of hydrogen-bond acceptors (Lipinski definition) is 6. The summed E-state index contributed by atoms with van der Waals surface area (Å²) < 4.78 is 24.2. The third-order valence-electron chi connectivity index (χ3n) is 3.54. The molecule has 0 unspecified atom stereocenters. The number of likely N-dealkylation sites (N-methyl/N-ethyl adjacent to an activating group) is 1. The minimum absolute atomic E-state index is 0.276. The Morgan fingerprint density at radius 1 is 1.17 bits per heavy atom. The fraction of sp³-hybridized carbons (Fsp3) is 0.158. The van der Waals surface area contributed by atoms with Gasteiger partial charge >= 0.3 is 11.8 Å². The monoisotopic (exact) mass is 480 g/mol. The van der Waals surface area contributed by atoms with Gasteiger partial charge in [0.1, 0.15) is 5.82 Å². The van der Waals surface area contributed by atoms with Crippen molar-refractivity contribution in [2.24, 2.45) is 5.10 Å². The van der Waals surface area contributed by atoms with Crippen LogP contribution in [0.4, 0.5) is 10.1 Å². The van der Waals surface area contributed by atoms with Gasteiger partial charge in [0.2, 0.25) is 0 Å². The third-order valence-corrected chi connectivity index (χ3v) is 4.13. The van der Waals surface area contributed by atoms with Gasteiger partial charge in [-0.3, -0.25) is 14.4 Å². The Hall–Kier alpha value is -3.47. The molecule has 0 spiro atoms. The highest BCUT2D eigenvalue weighted by Gasteiger charge is 2.14. The van der Waals surface area contributed by atoms with E-state index in [1.807, 2.05) is 0 Å². The molecule has 0 aliphatic heterocycles. The van der Waals surface area contributed by atoms with Crippen LogP contribution in [0.2, 0.25) is 0 Å². The minimum atomic E-state index is -0.910. The Kier molecular flexibility index (Phi) is 8.29. The fourth-order valence-electron chi connectivity index (χ4n) is 2.15. The van der Waals surface area contributed by atoms with Crippen LogP contribution < -0.4 is 25.5 Å². The van der Waals surface area contributed by atoms with Crippen molar-refractivity contribution in [1.29, 1.82) is 0 Å². The summed E-state index contributed by atoms with van der Waals surface area (Å²) in [5, 5.41) is 8.44. The Balaban J connectivity index is 2.02. The van der Waals surface area contributed by atoms with E-state index in [1.54, 1.807) is 12.1 Å². The normalized spacial score (nSPS) is 10.4. The molecule has 158 valence electrons. The van der Waals surface area contributed by atoms with Gasteiger partial charge in [0, 0.05) is 12.7 Å². The molecular formula is C19H18BrFN4O5. The maximum atomic E-state index is 12.9. The van der Waals surface area contributed by atoms with Crippen molar-refractivity contribution in [2.75, 3.05) is 26.1 Å². The van der Waals surface area contributed by atoms with Crippen molar-refractivity contribution in [3.05, 3.63) is 52.3 Å². The summed E-state index contributed by atoms with van der Waals surface area (Å²) in [6.45, 7) is -0.318. The van der Waals surface area contributed by atoms with Crippen molar-refractivity contribution in [3.63, 3.8) is 0 Å². The van der Waals surface area contributed by atoms with E-state index in [9.17, 15) is 18.8 Å². The van der Waals surface area contributed by atoms with Crippen LogP contribution in [-0.2, 0) is 14.4 Å². The largest absolute Gasteiger partial charge is 0.493 e. The molecule has 0 saturated carbocycles. The van der Waals surface area contributed by atoms with Crippen molar-refractivity contribution in [3.8, 4) is 11.5 Å². The highest BCUT2D eigenvalue weighted by molar-refractivity contribution is 9.10. The van der Waals surface area contributed by atoms with E-state index in [-0.39, 0.29) is 12.4 Å². The van der Waals surface area contributed by atoms with Crippen LogP contribution in [0, 0.1) is 5.82 Å². The zero-order valence-corrected chi connectivity index (χ0v) is 17.6. The van der Waals surface area contributed by atoms with E-state index < -0.39 is 23.5 Å². The maximum absolute atomic E-state index is 12.9. The number of nitrogens with one attached hydrogen (secondary N) is 3. The standard InChI is InChI=1S/C19H18BrFN4O5/c1-22-18(27)19(28)25-23-9-11-7-14(20)17(15(8-11)29-2)30-10-16(26)24-13-5-3-12(21)4-6-13/h3-9H,10H2,1-2H3,(H,22,27)(H,24,26)(H,25,28)/b23-9-. The first kappa shape index (κ1) is 22.8. The molecule has 0 fully saturated rings. The van der Waals surface area contributed by atoms with Gasteiger partial charge in [-0.05, 0) is 57.9 Å². The van der Waals surface area contributed by atoms with Crippen LogP contribution in [0.3, 0.4) is 0 Å². The minimum Gasteiger partial charge on any atom is -0.493 e. The van der Waals surface area contributed by atoms with Crippen molar-refractivity contribution >= 4 is 45.6 Å². The Morgan fingerprint density at radius 3 is 2.50 bits per heavy atom. The Morgan fingerprint density at radius 2 is 1.87 bits per heavy atom. The van der Waals surface area contributed by atoms with E-state index >= 15 is 0 Å². The molecule has 2 rings (SSSR count). The molecule has 0 radical (unpaired) electrons. The molecule has 0 aliphatic rings. The number of halogens is 2. The lowest BCUT2D eigenvalue weighted by Crippen LogP contribution is -2.35. The number of benzene rings is 2. The quantitative estimate of drug-likeness (QED) is 0.317. The SMILES string of the molecule is CNC(=O)C(=O)N/N=C\c1cc(Br)c(OCC(=O)Nc2ccc(F)cc2)c(OC)c1. The number of anilines is 1. The van der Waals surface area contributed by atoms with Gasteiger partial charge < -0.3 is 20.1 Å². The van der Waals surface area contributed by atoms with Crippen LogP contribution >= 0.6 is 15.9 Å². The van der Waals surface area contributed by atoms with Gasteiger partial charge in [-0.1, -0.05) is 0 Å². The number of nitrogens with zero attached hydrogens (tertiary/aromatic N) is 1. The van der Waals surface area contributed by atoms with Crippen LogP contribution in [-0.4, -0.2) is 44.7 Å². The fourth-order valence-corrected chi connectivity index (χ4v) is 2.73. The molecular weight excluding hydrogens is 463 g/mol. The number of methoxy groups -OCH3 is 1. The number of rotatable bonds is 7. The molecule has 3 N–H and O–H groups in total. The summed E-state index contributed by atoms with van der Waals surface area (Å²) in [5.74, 6) is -2.01. The van der Waals surface area contributed by atoms with E-state index in [1.165, 1.54) is 44.6 Å². The van der Waals surface area contributed by atoms with Gasteiger partial charge in [0.25, 0.3) is 5.91 Å². The second-order valence-corrected chi connectivity index (χ2v) is 6.51. The predicted octanol–water partition coefficient (Wildman–Crippen LogP) is 1.81. The topological polar surface area (TPSA) is 118 Å². The molecule has 11 heteroatoms. The second-order valence-electron chi connectivity index (χ2n) is 5.66. The first-order chi connectivity index (χ1) is 14.3. The molecule has 3 amide bonds. The second kappa shape index (κ2) is 10.9. The molecule has 0 atom stereocenters. The zero-order chi connectivity index (χ0) is 22.1. The number of ether oxygens (including phenoxy) is 2. The van der Waals surface area contributed by atoms with Crippen molar-refractivity contribution in [2.45, 2.75) is 0 Å². The smallest absolute Gasteiger partial charge is 0.329 e. The maximum Gasteiger partial charge on any atom is 0.329 e. The van der Waals surface area contributed by atoms with Crippen molar-refractivity contribution < 1.29 is 28.2 Å². The Labute approximate surface area is 179 Å². The summed E-state index contributed by atoms with van der Waals surface area (Å²) in [6.07, 6.45) is 1.30. The number of carbonyl (C=O) groups excluding carboxylic acids is 3. The van der Waals surface area contributed by atoms with Gasteiger partial charge in [-0.2, -0.15) is 5.10 Å². The van der Waals surface area contributed by atoms with E-state index in [2.05, 4.69) is 37.1 Å². The van der Waals surface area contributed by atoms with E-state index in [0.717, 1.165) is 0 Å². The number of hydrazone groups is 1. The highest BCUT2D eigenvalue weighted by atomic mass is 79.9.